The molecule has 0 aliphatic heterocycles. The molecule has 1 aliphatic rings. The van der Waals surface area contributed by atoms with E-state index < -0.39 is 0 Å². The first-order chi connectivity index (χ1) is 8.29. The van der Waals surface area contributed by atoms with Crippen molar-refractivity contribution in [3.63, 3.8) is 0 Å². The molecule has 17 heavy (non-hydrogen) atoms. The second kappa shape index (κ2) is 9.65. The largest absolute Gasteiger partial charge is 0.0984 e. The average Bonchev–Trinajstić information content (AvgIpc) is 2.43. The Bertz CT molecular complexity index is 359. The van der Waals surface area contributed by atoms with Crippen LogP contribution in [0.4, 0.5) is 0 Å². The maximum atomic E-state index is 4.06. The Balaban J connectivity index is 0.00000121. The molecule has 0 N–H and O–H groups in total. The summed E-state index contributed by atoms with van der Waals surface area (Å²) in [5.74, 6) is 0. The van der Waals surface area contributed by atoms with Crippen LogP contribution in [0.2, 0.25) is 0 Å². The summed E-state index contributed by atoms with van der Waals surface area (Å²) >= 11 is 0. The third-order valence-electron chi connectivity index (χ3n) is 2.39. The first-order valence-electron chi connectivity index (χ1n) is 6.30. The molecule has 0 radical (unpaired) electrons. The van der Waals surface area contributed by atoms with Crippen molar-refractivity contribution in [1.82, 2.24) is 0 Å². The Kier molecular flexibility index (Phi) is 8.77. The van der Waals surface area contributed by atoms with Crippen molar-refractivity contribution in [2.24, 2.45) is 0 Å². The van der Waals surface area contributed by atoms with Crippen LogP contribution in [0.1, 0.15) is 33.6 Å². The van der Waals surface area contributed by atoms with E-state index in [1.807, 2.05) is 39.0 Å². The lowest BCUT2D eigenvalue weighted by atomic mass is 9.97. The normalized spacial score (nSPS) is 24.1. The van der Waals surface area contributed by atoms with E-state index in [4.69, 9.17) is 0 Å². The summed E-state index contributed by atoms with van der Waals surface area (Å²) in [7, 11) is 0. The van der Waals surface area contributed by atoms with Crippen molar-refractivity contribution in [3.8, 4) is 0 Å². The van der Waals surface area contributed by atoms with Crippen LogP contribution in [0.3, 0.4) is 0 Å². The molecule has 0 fully saturated rings. The molecule has 1 rings (SSSR count). The lowest BCUT2D eigenvalue weighted by Crippen LogP contribution is -1.89. The Labute approximate surface area is 106 Å². The van der Waals surface area contributed by atoms with E-state index in [1.54, 1.807) is 0 Å². The van der Waals surface area contributed by atoms with E-state index in [2.05, 4.69) is 37.5 Å². The Morgan fingerprint density at radius 3 is 2.53 bits per heavy atom. The molecule has 0 bridgehead atoms. The zero-order chi connectivity index (χ0) is 13.1. The quantitative estimate of drug-likeness (QED) is 0.582. The SMILES string of the molecule is C=C/C1=C(\C=C/C)CC/C=C\C=C/C1=C.CC. The van der Waals surface area contributed by atoms with Crippen LogP contribution in [0.5, 0.6) is 0 Å². The molecule has 0 atom stereocenters. The molecule has 0 heterocycles. The molecule has 0 heteroatoms. The van der Waals surface area contributed by atoms with Gasteiger partial charge in [-0.3, -0.25) is 0 Å². The van der Waals surface area contributed by atoms with Gasteiger partial charge in [0.2, 0.25) is 0 Å². The van der Waals surface area contributed by atoms with Crippen molar-refractivity contribution >= 4 is 0 Å². The summed E-state index contributed by atoms with van der Waals surface area (Å²) in [5, 5.41) is 0. The first-order valence-corrected chi connectivity index (χ1v) is 6.30. The molecule has 0 amide bonds. The fourth-order valence-corrected chi connectivity index (χ4v) is 1.65. The van der Waals surface area contributed by atoms with Crippen LogP contribution < -0.4 is 0 Å². The highest BCUT2D eigenvalue weighted by atomic mass is 14.1. The highest BCUT2D eigenvalue weighted by Gasteiger charge is 2.03. The van der Waals surface area contributed by atoms with Crippen molar-refractivity contribution < 1.29 is 0 Å². The minimum Gasteiger partial charge on any atom is -0.0984 e. The summed E-state index contributed by atoms with van der Waals surface area (Å²) in [6.07, 6.45) is 16.5. The van der Waals surface area contributed by atoms with E-state index >= 15 is 0 Å². The fraction of sp³-hybridized carbons (Fsp3) is 0.294. The smallest absolute Gasteiger partial charge is 0.0164 e. The molecule has 1 aliphatic carbocycles. The van der Waals surface area contributed by atoms with E-state index in [0.717, 1.165) is 24.0 Å². The van der Waals surface area contributed by atoms with E-state index in [1.165, 1.54) is 5.57 Å². The van der Waals surface area contributed by atoms with E-state index in [9.17, 15) is 0 Å². The molecule has 0 unspecified atom stereocenters. The van der Waals surface area contributed by atoms with Gasteiger partial charge in [0.1, 0.15) is 0 Å². The van der Waals surface area contributed by atoms with Crippen LogP contribution in [0.25, 0.3) is 0 Å². The molecule has 0 saturated carbocycles. The van der Waals surface area contributed by atoms with Gasteiger partial charge >= 0.3 is 0 Å². The predicted molar refractivity (Wildman–Crippen MR) is 80.0 cm³/mol. The zero-order valence-electron chi connectivity index (χ0n) is 11.4. The number of rotatable bonds is 2. The van der Waals surface area contributed by atoms with Gasteiger partial charge in [-0.25, -0.2) is 0 Å². The second-order valence-corrected chi connectivity index (χ2v) is 3.49. The van der Waals surface area contributed by atoms with Gasteiger partial charge in [0.15, 0.2) is 0 Å². The second-order valence-electron chi connectivity index (χ2n) is 3.49. The summed E-state index contributed by atoms with van der Waals surface area (Å²) in [6.45, 7) is 14.0. The standard InChI is InChI=1S/C15H18.C2H6/c1-4-10-14-12-9-7-6-8-11-13(3)15(14)5-2;1-2/h4-8,10-11H,2-3,9,12H2,1H3;1-2H3/b7-6-,10-4-,11-8-,15-14-;. The third kappa shape index (κ3) is 5.35. The van der Waals surface area contributed by atoms with Gasteiger partial charge in [-0.15, -0.1) is 0 Å². The molecule has 0 saturated heterocycles. The molecule has 0 spiro atoms. The lowest BCUT2D eigenvalue weighted by molar-refractivity contribution is 0.998. The van der Waals surface area contributed by atoms with Gasteiger partial charge in [-0.2, -0.15) is 0 Å². The molecule has 0 aromatic carbocycles. The number of hydrogen-bond acceptors (Lipinski definition) is 0. The third-order valence-corrected chi connectivity index (χ3v) is 2.39. The number of allylic oxidation sites excluding steroid dienone is 10. The van der Waals surface area contributed by atoms with Crippen LogP contribution in [0.15, 0.2) is 72.4 Å². The monoisotopic (exact) mass is 228 g/mol. The number of hydrogen-bond donors (Lipinski definition) is 0. The Morgan fingerprint density at radius 2 is 1.94 bits per heavy atom. The summed E-state index contributed by atoms with van der Waals surface area (Å²) in [6, 6.07) is 0. The van der Waals surface area contributed by atoms with Crippen molar-refractivity contribution in [2.75, 3.05) is 0 Å². The average molecular weight is 228 g/mol. The molecule has 0 aromatic heterocycles. The maximum Gasteiger partial charge on any atom is -0.0164 e. The fourth-order valence-electron chi connectivity index (χ4n) is 1.65. The van der Waals surface area contributed by atoms with Crippen LogP contribution in [0, 0.1) is 0 Å². The first kappa shape index (κ1) is 15.4. The summed E-state index contributed by atoms with van der Waals surface area (Å²) in [5.41, 5.74) is 3.51. The zero-order valence-corrected chi connectivity index (χ0v) is 11.4. The minimum atomic E-state index is 1.03. The topological polar surface area (TPSA) is 0 Å². The van der Waals surface area contributed by atoms with E-state index in [0.29, 0.717) is 0 Å². The summed E-state index contributed by atoms with van der Waals surface area (Å²) < 4.78 is 0. The Morgan fingerprint density at radius 1 is 1.24 bits per heavy atom. The lowest BCUT2D eigenvalue weighted by Gasteiger charge is -2.08. The van der Waals surface area contributed by atoms with Gasteiger partial charge in [-0.05, 0) is 36.5 Å². The van der Waals surface area contributed by atoms with Gasteiger partial charge < -0.3 is 0 Å². The van der Waals surface area contributed by atoms with Gasteiger partial charge in [0, 0.05) is 0 Å². The Hall–Kier alpha value is -1.56. The highest BCUT2D eigenvalue weighted by molar-refractivity contribution is 5.50. The molecule has 92 valence electrons. The highest BCUT2D eigenvalue weighted by Crippen LogP contribution is 2.22. The molecular formula is C17H24. The van der Waals surface area contributed by atoms with Crippen molar-refractivity contribution in [1.29, 1.82) is 0 Å². The molecular weight excluding hydrogens is 204 g/mol. The van der Waals surface area contributed by atoms with Gasteiger partial charge in [0.25, 0.3) is 0 Å². The van der Waals surface area contributed by atoms with Crippen LogP contribution >= 0.6 is 0 Å². The summed E-state index contributed by atoms with van der Waals surface area (Å²) in [4.78, 5) is 0. The van der Waals surface area contributed by atoms with Gasteiger partial charge in [0.05, 0.1) is 0 Å². The molecule has 0 nitrogen and oxygen atoms in total. The van der Waals surface area contributed by atoms with Crippen molar-refractivity contribution in [3.05, 3.63) is 72.4 Å². The molecule has 0 aromatic rings. The van der Waals surface area contributed by atoms with Crippen molar-refractivity contribution in [2.45, 2.75) is 33.6 Å². The van der Waals surface area contributed by atoms with Crippen LogP contribution in [-0.4, -0.2) is 0 Å². The predicted octanol–water partition coefficient (Wildman–Crippen LogP) is 5.53. The maximum absolute atomic E-state index is 4.06. The minimum absolute atomic E-state index is 1.03. The van der Waals surface area contributed by atoms with E-state index in [-0.39, 0.29) is 0 Å². The van der Waals surface area contributed by atoms with Crippen LogP contribution in [-0.2, 0) is 0 Å². The van der Waals surface area contributed by atoms with Gasteiger partial charge in [-0.1, -0.05) is 69.5 Å².